The highest BCUT2D eigenvalue weighted by atomic mass is 16.1. The maximum Gasteiger partial charge on any atom is 0.233 e. The molecule has 2 atom stereocenters. The lowest BCUT2D eigenvalue weighted by atomic mass is 10.0. The highest BCUT2D eigenvalue weighted by molar-refractivity contribution is 5.77. The smallest absolute Gasteiger partial charge is 0.233 e. The lowest BCUT2D eigenvalue weighted by Crippen LogP contribution is -2.39. The van der Waals surface area contributed by atoms with Crippen LogP contribution in [0.1, 0.15) is 58.8 Å². The summed E-state index contributed by atoms with van der Waals surface area (Å²) in [7, 11) is 0. The summed E-state index contributed by atoms with van der Waals surface area (Å²) in [6, 6.07) is 0.553. The molecular formula is C14H28N2O. The first kappa shape index (κ1) is 14.5. The maximum atomic E-state index is 11.5. The van der Waals surface area contributed by atoms with Gasteiger partial charge in [0.05, 0.1) is 6.54 Å². The summed E-state index contributed by atoms with van der Waals surface area (Å²) in [6.07, 6.45) is 8.61. The molecule has 0 aliphatic heterocycles. The number of carbonyl (C=O) groups is 1. The lowest BCUT2D eigenvalue weighted by Gasteiger charge is -2.16. The molecule has 0 aromatic rings. The van der Waals surface area contributed by atoms with Crippen molar-refractivity contribution in [2.24, 2.45) is 5.92 Å². The van der Waals surface area contributed by atoms with E-state index in [1.165, 1.54) is 32.1 Å². The Balaban J connectivity index is 2.10. The van der Waals surface area contributed by atoms with Crippen LogP contribution in [-0.4, -0.2) is 25.0 Å². The molecule has 2 N–H and O–H groups in total. The second-order valence-corrected chi connectivity index (χ2v) is 5.39. The Morgan fingerprint density at radius 3 is 2.82 bits per heavy atom. The first-order valence-electron chi connectivity index (χ1n) is 7.22. The fourth-order valence-electron chi connectivity index (χ4n) is 2.40. The Bertz CT molecular complexity index is 218. The van der Waals surface area contributed by atoms with E-state index in [2.05, 4.69) is 24.5 Å². The average molecular weight is 240 g/mol. The van der Waals surface area contributed by atoms with Gasteiger partial charge in [-0.2, -0.15) is 0 Å². The molecule has 1 fully saturated rings. The van der Waals surface area contributed by atoms with Crippen molar-refractivity contribution >= 4 is 5.91 Å². The van der Waals surface area contributed by atoms with E-state index in [0.717, 1.165) is 25.3 Å². The van der Waals surface area contributed by atoms with Crippen LogP contribution < -0.4 is 10.6 Å². The third-order valence-corrected chi connectivity index (χ3v) is 3.66. The van der Waals surface area contributed by atoms with Crippen molar-refractivity contribution in [3.63, 3.8) is 0 Å². The number of carbonyl (C=O) groups excluding carboxylic acids is 1. The molecule has 0 radical (unpaired) electrons. The van der Waals surface area contributed by atoms with Gasteiger partial charge in [0, 0.05) is 12.6 Å². The molecule has 0 spiro atoms. The SMILES string of the molecule is CCCCNC(=O)CNC1CCCC(C)CC1. The third kappa shape index (κ3) is 6.67. The predicted molar refractivity (Wildman–Crippen MR) is 72.0 cm³/mol. The van der Waals surface area contributed by atoms with Crippen molar-refractivity contribution in [1.29, 1.82) is 0 Å². The maximum absolute atomic E-state index is 11.5. The van der Waals surface area contributed by atoms with Gasteiger partial charge in [0.2, 0.25) is 5.91 Å². The number of nitrogens with one attached hydrogen (secondary N) is 2. The molecule has 1 aliphatic rings. The van der Waals surface area contributed by atoms with Gasteiger partial charge in [-0.15, -0.1) is 0 Å². The van der Waals surface area contributed by atoms with Gasteiger partial charge in [0.25, 0.3) is 0 Å². The zero-order valence-corrected chi connectivity index (χ0v) is 11.4. The fourth-order valence-corrected chi connectivity index (χ4v) is 2.40. The molecule has 1 saturated carbocycles. The van der Waals surface area contributed by atoms with E-state index in [-0.39, 0.29) is 5.91 Å². The van der Waals surface area contributed by atoms with E-state index in [1.807, 2.05) is 0 Å². The van der Waals surface area contributed by atoms with Crippen LogP contribution in [-0.2, 0) is 4.79 Å². The number of hydrogen-bond acceptors (Lipinski definition) is 2. The van der Waals surface area contributed by atoms with E-state index >= 15 is 0 Å². The van der Waals surface area contributed by atoms with Gasteiger partial charge in [-0.25, -0.2) is 0 Å². The Hall–Kier alpha value is -0.570. The molecular weight excluding hydrogens is 212 g/mol. The molecule has 0 heterocycles. The van der Waals surface area contributed by atoms with Crippen molar-refractivity contribution in [3.05, 3.63) is 0 Å². The van der Waals surface area contributed by atoms with Crippen LogP contribution in [0.25, 0.3) is 0 Å². The summed E-state index contributed by atoms with van der Waals surface area (Å²) in [6.45, 7) is 5.78. The summed E-state index contributed by atoms with van der Waals surface area (Å²) < 4.78 is 0. The number of unbranched alkanes of at least 4 members (excludes halogenated alkanes) is 1. The van der Waals surface area contributed by atoms with Gasteiger partial charge in [-0.05, 0) is 31.6 Å². The highest BCUT2D eigenvalue weighted by Crippen LogP contribution is 2.22. The van der Waals surface area contributed by atoms with Crippen LogP contribution in [0.2, 0.25) is 0 Å². The Morgan fingerprint density at radius 1 is 1.24 bits per heavy atom. The zero-order valence-electron chi connectivity index (χ0n) is 11.4. The average Bonchev–Trinajstić information content (AvgIpc) is 2.52. The van der Waals surface area contributed by atoms with Gasteiger partial charge >= 0.3 is 0 Å². The van der Waals surface area contributed by atoms with Crippen molar-refractivity contribution in [2.75, 3.05) is 13.1 Å². The topological polar surface area (TPSA) is 41.1 Å². The second kappa shape index (κ2) is 8.51. The summed E-state index contributed by atoms with van der Waals surface area (Å²) in [4.78, 5) is 11.5. The lowest BCUT2D eigenvalue weighted by molar-refractivity contribution is -0.120. The summed E-state index contributed by atoms with van der Waals surface area (Å²) >= 11 is 0. The first-order chi connectivity index (χ1) is 8.22. The van der Waals surface area contributed by atoms with Crippen LogP contribution in [0.4, 0.5) is 0 Å². The summed E-state index contributed by atoms with van der Waals surface area (Å²) in [5.41, 5.74) is 0. The normalized spacial score (nSPS) is 25.3. The largest absolute Gasteiger partial charge is 0.355 e. The van der Waals surface area contributed by atoms with Crippen LogP contribution in [0, 0.1) is 5.92 Å². The molecule has 3 nitrogen and oxygen atoms in total. The minimum Gasteiger partial charge on any atom is -0.355 e. The summed E-state index contributed by atoms with van der Waals surface area (Å²) in [5.74, 6) is 1.01. The molecule has 0 aromatic heterocycles. The van der Waals surface area contributed by atoms with Gasteiger partial charge in [-0.3, -0.25) is 4.79 Å². The Kier molecular flexibility index (Phi) is 7.25. The summed E-state index contributed by atoms with van der Waals surface area (Å²) in [5, 5.41) is 6.34. The van der Waals surface area contributed by atoms with Crippen LogP contribution in [0.5, 0.6) is 0 Å². The fraction of sp³-hybridized carbons (Fsp3) is 0.929. The van der Waals surface area contributed by atoms with Gasteiger partial charge in [-0.1, -0.05) is 33.1 Å². The molecule has 100 valence electrons. The van der Waals surface area contributed by atoms with Crippen LogP contribution >= 0.6 is 0 Å². The molecule has 1 aliphatic carbocycles. The van der Waals surface area contributed by atoms with Gasteiger partial charge in [0.1, 0.15) is 0 Å². The van der Waals surface area contributed by atoms with Crippen molar-refractivity contribution in [3.8, 4) is 0 Å². The number of rotatable bonds is 6. The zero-order chi connectivity index (χ0) is 12.5. The number of hydrogen-bond donors (Lipinski definition) is 2. The highest BCUT2D eigenvalue weighted by Gasteiger charge is 2.16. The van der Waals surface area contributed by atoms with E-state index in [9.17, 15) is 4.79 Å². The number of amides is 1. The molecule has 0 saturated heterocycles. The monoisotopic (exact) mass is 240 g/mol. The van der Waals surface area contributed by atoms with Crippen molar-refractivity contribution in [1.82, 2.24) is 10.6 Å². The molecule has 3 heteroatoms. The first-order valence-corrected chi connectivity index (χ1v) is 7.22. The van der Waals surface area contributed by atoms with E-state index in [4.69, 9.17) is 0 Å². The van der Waals surface area contributed by atoms with Gasteiger partial charge in [0.15, 0.2) is 0 Å². The van der Waals surface area contributed by atoms with Gasteiger partial charge < -0.3 is 10.6 Å². The molecule has 1 rings (SSSR count). The van der Waals surface area contributed by atoms with E-state index < -0.39 is 0 Å². The Labute approximate surface area is 106 Å². The third-order valence-electron chi connectivity index (χ3n) is 3.66. The van der Waals surface area contributed by atoms with E-state index in [0.29, 0.717) is 12.6 Å². The standard InChI is InChI=1S/C14H28N2O/c1-3-4-10-15-14(17)11-16-13-7-5-6-12(2)8-9-13/h12-13,16H,3-11H2,1-2H3,(H,15,17). The Morgan fingerprint density at radius 2 is 2.06 bits per heavy atom. The van der Waals surface area contributed by atoms with Crippen molar-refractivity contribution in [2.45, 2.75) is 64.8 Å². The molecule has 2 unspecified atom stereocenters. The van der Waals surface area contributed by atoms with E-state index in [1.54, 1.807) is 0 Å². The predicted octanol–water partition coefficient (Wildman–Crippen LogP) is 2.46. The van der Waals surface area contributed by atoms with Crippen molar-refractivity contribution < 1.29 is 4.79 Å². The molecule has 0 bridgehead atoms. The minimum absolute atomic E-state index is 0.149. The quantitative estimate of drug-likeness (QED) is 0.553. The molecule has 1 amide bonds. The molecule has 17 heavy (non-hydrogen) atoms. The van der Waals surface area contributed by atoms with Crippen LogP contribution in [0.15, 0.2) is 0 Å². The minimum atomic E-state index is 0.149. The second-order valence-electron chi connectivity index (χ2n) is 5.39. The van der Waals surface area contributed by atoms with Crippen LogP contribution in [0.3, 0.4) is 0 Å². The molecule has 0 aromatic carbocycles.